The second-order valence-electron chi connectivity index (χ2n) is 4.82. The highest BCUT2D eigenvalue weighted by atomic mass is 16.4. The molecule has 0 radical (unpaired) electrons. The molecule has 1 heterocycles. The van der Waals surface area contributed by atoms with E-state index in [-0.39, 0.29) is 11.8 Å². The third-order valence-electron chi connectivity index (χ3n) is 3.35. The highest BCUT2D eigenvalue weighted by molar-refractivity contribution is 5.93. The summed E-state index contributed by atoms with van der Waals surface area (Å²) in [6.07, 6.45) is 2.70. The summed E-state index contributed by atoms with van der Waals surface area (Å²) in [6.45, 7) is 1.72. The normalized spacial score (nSPS) is 15.7. The molecule has 1 amide bonds. The number of carboxylic acid groups (broad SMARTS) is 1. The molecule has 0 bridgehead atoms. The molecule has 0 saturated heterocycles. The molecule has 4 nitrogen and oxygen atoms in total. The molecule has 1 aliphatic rings. The molecule has 0 saturated carbocycles. The van der Waals surface area contributed by atoms with Crippen molar-refractivity contribution in [2.75, 3.05) is 5.32 Å². The van der Waals surface area contributed by atoms with Crippen molar-refractivity contribution in [2.45, 2.75) is 32.6 Å². The van der Waals surface area contributed by atoms with Crippen LogP contribution in [-0.2, 0) is 22.4 Å². The van der Waals surface area contributed by atoms with Crippen LogP contribution >= 0.6 is 0 Å². The highest BCUT2D eigenvalue weighted by Crippen LogP contribution is 2.24. The standard InChI is InChI=1S/C14H17NO3/c1-9(14(17)18)2-3-10-4-6-12-11(8-10)5-7-13(16)15-12/h4,6,8-9H,2-3,5,7H2,1H3,(H,15,16)(H,17,18). The zero-order valence-electron chi connectivity index (χ0n) is 10.4. The first-order valence-electron chi connectivity index (χ1n) is 6.20. The number of carbonyl (C=O) groups is 2. The van der Waals surface area contributed by atoms with Gasteiger partial charge in [0.2, 0.25) is 5.91 Å². The van der Waals surface area contributed by atoms with E-state index in [2.05, 4.69) is 11.4 Å². The monoisotopic (exact) mass is 247 g/mol. The number of carbonyl (C=O) groups excluding carboxylic acids is 1. The molecule has 2 rings (SSSR count). The average Bonchev–Trinajstić information content (AvgIpc) is 2.35. The maximum Gasteiger partial charge on any atom is 0.306 e. The molecule has 0 fully saturated rings. The fourth-order valence-electron chi connectivity index (χ4n) is 2.10. The van der Waals surface area contributed by atoms with Crippen LogP contribution in [0.25, 0.3) is 0 Å². The fraction of sp³-hybridized carbons (Fsp3) is 0.429. The number of fused-ring (bicyclic) bond motifs is 1. The third kappa shape index (κ3) is 2.88. The Labute approximate surface area is 106 Å². The molecule has 1 aromatic carbocycles. The van der Waals surface area contributed by atoms with Gasteiger partial charge in [-0.1, -0.05) is 19.1 Å². The van der Waals surface area contributed by atoms with E-state index in [1.807, 2.05) is 12.1 Å². The minimum absolute atomic E-state index is 0.0646. The topological polar surface area (TPSA) is 66.4 Å². The van der Waals surface area contributed by atoms with Gasteiger partial charge in [-0.25, -0.2) is 0 Å². The van der Waals surface area contributed by atoms with Crippen LogP contribution in [-0.4, -0.2) is 17.0 Å². The SMILES string of the molecule is CC(CCc1ccc2c(c1)CCC(=O)N2)C(=O)O. The van der Waals surface area contributed by atoms with Crippen molar-refractivity contribution in [2.24, 2.45) is 5.92 Å². The molecule has 0 aromatic heterocycles. The number of aryl methyl sites for hydroxylation is 2. The number of anilines is 1. The van der Waals surface area contributed by atoms with Crippen LogP contribution in [0.1, 0.15) is 30.9 Å². The van der Waals surface area contributed by atoms with Gasteiger partial charge in [0.15, 0.2) is 0 Å². The van der Waals surface area contributed by atoms with Gasteiger partial charge in [0.1, 0.15) is 0 Å². The van der Waals surface area contributed by atoms with E-state index < -0.39 is 5.97 Å². The molecule has 1 aliphatic heterocycles. The Morgan fingerprint density at radius 1 is 1.44 bits per heavy atom. The maximum atomic E-state index is 11.2. The molecule has 18 heavy (non-hydrogen) atoms. The van der Waals surface area contributed by atoms with Gasteiger partial charge < -0.3 is 10.4 Å². The first kappa shape index (κ1) is 12.6. The lowest BCUT2D eigenvalue weighted by molar-refractivity contribution is -0.141. The molecule has 2 N–H and O–H groups in total. The summed E-state index contributed by atoms with van der Waals surface area (Å²) in [5, 5.41) is 11.7. The van der Waals surface area contributed by atoms with Gasteiger partial charge in [-0.15, -0.1) is 0 Å². The predicted octanol–water partition coefficient (Wildman–Crippen LogP) is 2.22. The van der Waals surface area contributed by atoms with Crippen LogP contribution in [0.15, 0.2) is 18.2 Å². The Morgan fingerprint density at radius 3 is 2.94 bits per heavy atom. The van der Waals surface area contributed by atoms with Crippen molar-refractivity contribution in [1.82, 2.24) is 0 Å². The number of amides is 1. The van der Waals surface area contributed by atoms with E-state index in [4.69, 9.17) is 5.11 Å². The summed E-state index contributed by atoms with van der Waals surface area (Å²) >= 11 is 0. The number of benzene rings is 1. The summed E-state index contributed by atoms with van der Waals surface area (Å²) in [5.41, 5.74) is 3.18. The number of nitrogens with one attached hydrogen (secondary N) is 1. The number of rotatable bonds is 4. The second-order valence-corrected chi connectivity index (χ2v) is 4.82. The molecule has 0 spiro atoms. The molecular weight excluding hydrogens is 230 g/mol. The van der Waals surface area contributed by atoms with E-state index in [1.165, 1.54) is 0 Å². The maximum absolute atomic E-state index is 11.2. The highest BCUT2D eigenvalue weighted by Gasteiger charge is 2.15. The van der Waals surface area contributed by atoms with Crippen LogP contribution < -0.4 is 5.32 Å². The van der Waals surface area contributed by atoms with Crippen LogP contribution in [0.5, 0.6) is 0 Å². The second kappa shape index (κ2) is 5.21. The smallest absolute Gasteiger partial charge is 0.306 e. The van der Waals surface area contributed by atoms with Gasteiger partial charge in [0, 0.05) is 12.1 Å². The van der Waals surface area contributed by atoms with Gasteiger partial charge in [-0.2, -0.15) is 0 Å². The first-order valence-corrected chi connectivity index (χ1v) is 6.20. The van der Waals surface area contributed by atoms with Crippen LogP contribution in [0.2, 0.25) is 0 Å². The largest absolute Gasteiger partial charge is 0.481 e. The molecule has 1 aromatic rings. The van der Waals surface area contributed by atoms with Gasteiger partial charge in [-0.3, -0.25) is 9.59 Å². The predicted molar refractivity (Wildman–Crippen MR) is 68.5 cm³/mol. The van der Waals surface area contributed by atoms with Crippen LogP contribution in [0, 0.1) is 5.92 Å². The zero-order chi connectivity index (χ0) is 13.1. The van der Waals surface area contributed by atoms with Crippen molar-refractivity contribution in [1.29, 1.82) is 0 Å². The van der Waals surface area contributed by atoms with Gasteiger partial charge in [-0.05, 0) is 36.5 Å². The van der Waals surface area contributed by atoms with Crippen LogP contribution in [0.3, 0.4) is 0 Å². The minimum Gasteiger partial charge on any atom is -0.481 e. The number of hydrogen-bond acceptors (Lipinski definition) is 2. The van der Waals surface area contributed by atoms with Gasteiger partial charge in [0.25, 0.3) is 0 Å². The first-order chi connectivity index (χ1) is 8.56. The lowest BCUT2D eigenvalue weighted by Gasteiger charge is -2.17. The Balaban J connectivity index is 2.03. The van der Waals surface area contributed by atoms with Gasteiger partial charge in [0.05, 0.1) is 5.92 Å². The van der Waals surface area contributed by atoms with Crippen molar-refractivity contribution >= 4 is 17.6 Å². The molecule has 4 heteroatoms. The van der Waals surface area contributed by atoms with Crippen molar-refractivity contribution < 1.29 is 14.7 Å². The van der Waals surface area contributed by atoms with E-state index in [9.17, 15) is 9.59 Å². The van der Waals surface area contributed by atoms with Crippen molar-refractivity contribution in [3.05, 3.63) is 29.3 Å². The summed E-state index contributed by atoms with van der Waals surface area (Å²) in [7, 11) is 0. The average molecular weight is 247 g/mol. The van der Waals surface area contributed by atoms with Gasteiger partial charge >= 0.3 is 5.97 Å². The molecule has 96 valence electrons. The Kier molecular flexibility index (Phi) is 3.65. The Morgan fingerprint density at radius 2 is 2.22 bits per heavy atom. The third-order valence-corrected chi connectivity index (χ3v) is 3.35. The lowest BCUT2D eigenvalue weighted by atomic mass is 9.96. The Bertz CT molecular complexity index is 482. The molecular formula is C14H17NO3. The Hall–Kier alpha value is -1.84. The van der Waals surface area contributed by atoms with E-state index in [0.29, 0.717) is 12.8 Å². The summed E-state index contributed by atoms with van der Waals surface area (Å²) in [4.78, 5) is 22.0. The molecule has 0 aliphatic carbocycles. The summed E-state index contributed by atoms with van der Waals surface area (Å²) in [5.74, 6) is -1.00. The molecule has 1 atom stereocenters. The number of carboxylic acids is 1. The van der Waals surface area contributed by atoms with E-state index in [0.717, 1.165) is 29.7 Å². The van der Waals surface area contributed by atoms with E-state index in [1.54, 1.807) is 6.92 Å². The quantitative estimate of drug-likeness (QED) is 0.857. The molecule has 1 unspecified atom stereocenters. The van der Waals surface area contributed by atoms with Crippen molar-refractivity contribution in [3.63, 3.8) is 0 Å². The summed E-state index contributed by atoms with van der Waals surface area (Å²) < 4.78 is 0. The van der Waals surface area contributed by atoms with E-state index >= 15 is 0 Å². The van der Waals surface area contributed by atoms with Crippen molar-refractivity contribution in [3.8, 4) is 0 Å². The zero-order valence-corrected chi connectivity index (χ0v) is 10.4. The summed E-state index contributed by atoms with van der Waals surface area (Å²) in [6, 6.07) is 5.94. The number of aliphatic carboxylic acids is 1. The lowest BCUT2D eigenvalue weighted by Crippen LogP contribution is -2.19. The van der Waals surface area contributed by atoms with Crippen LogP contribution in [0.4, 0.5) is 5.69 Å². The fourth-order valence-corrected chi connectivity index (χ4v) is 2.10. The number of hydrogen-bond donors (Lipinski definition) is 2. The minimum atomic E-state index is -0.750.